The van der Waals surface area contributed by atoms with Gasteiger partial charge in [-0.1, -0.05) is 0 Å². The van der Waals surface area contributed by atoms with Crippen LogP contribution in [0, 0.1) is 23.6 Å². The molecule has 7 nitrogen and oxygen atoms in total. The molecule has 4 aliphatic carbocycles. The van der Waals surface area contributed by atoms with E-state index in [-0.39, 0.29) is 16.9 Å². The average Bonchev–Trinajstić information content (AvgIpc) is 2.60. The molecule has 0 amide bonds. The largest absolute Gasteiger partial charge is 0.461 e. The highest BCUT2D eigenvalue weighted by Gasteiger charge is 2.53. The molecule has 0 unspecified atom stereocenters. The van der Waals surface area contributed by atoms with E-state index in [0.717, 1.165) is 25.3 Å². The molecule has 0 heterocycles. The Hall–Kier alpha value is -1.71. The van der Waals surface area contributed by atoms with Gasteiger partial charge in [0.15, 0.2) is 11.6 Å². The zero-order valence-electron chi connectivity index (χ0n) is 17.8. The molecule has 31 heavy (non-hydrogen) atoms. The van der Waals surface area contributed by atoms with Gasteiger partial charge in [-0.2, -0.15) is 8.42 Å². The molecule has 9 heteroatoms. The monoisotopic (exact) mass is 456 g/mol. The fourth-order valence-corrected chi connectivity index (χ4v) is 6.29. The number of carbonyl (C=O) groups excluding carboxylic acids is 1. The summed E-state index contributed by atoms with van der Waals surface area (Å²) in [5.74, 6) is -1.35. The van der Waals surface area contributed by atoms with Crippen LogP contribution in [0.4, 0.5) is 4.39 Å². The van der Waals surface area contributed by atoms with Gasteiger partial charge in [0.1, 0.15) is 12.4 Å². The SMILES string of the molecule is CC(C)(Oc1cc(C(=O)OCCS(=O)(=O)O)ccc1F)OC12CC3CC(CC(C3)C1)C2. The van der Waals surface area contributed by atoms with Crippen LogP contribution >= 0.6 is 0 Å². The summed E-state index contributed by atoms with van der Waals surface area (Å²) in [6.07, 6.45) is 6.86. The summed E-state index contributed by atoms with van der Waals surface area (Å²) in [4.78, 5) is 12.2. The number of ether oxygens (including phenoxy) is 3. The van der Waals surface area contributed by atoms with E-state index in [1.807, 2.05) is 0 Å². The van der Waals surface area contributed by atoms with Crippen molar-refractivity contribution in [2.45, 2.75) is 63.8 Å². The van der Waals surface area contributed by atoms with Crippen molar-refractivity contribution in [3.05, 3.63) is 29.6 Å². The summed E-state index contributed by atoms with van der Waals surface area (Å²) in [5, 5.41) is 0. The second kappa shape index (κ2) is 8.01. The van der Waals surface area contributed by atoms with E-state index in [2.05, 4.69) is 0 Å². The fourth-order valence-electron chi connectivity index (χ4n) is 5.99. The van der Waals surface area contributed by atoms with Crippen LogP contribution in [0.15, 0.2) is 18.2 Å². The molecule has 4 aliphatic rings. The molecule has 0 spiro atoms. The van der Waals surface area contributed by atoms with Crippen molar-refractivity contribution in [1.29, 1.82) is 0 Å². The smallest absolute Gasteiger partial charge is 0.338 e. The predicted octanol–water partition coefficient (Wildman–Crippen LogP) is 3.97. The van der Waals surface area contributed by atoms with Crippen molar-refractivity contribution in [2.24, 2.45) is 17.8 Å². The molecule has 1 aromatic rings. The molecule has 1 aromatic carbocycles. The van der Waals surface area contributed by atoms with Crippen molar-refractivity contribution in [2.75, 3.05) is 12.4 Å². The van der Waals surface area contributed by atoms with E-state index in [4.69, 9.17) is 18.8 Å². The molecule has 4 saturated carbocycles. The predicted molar refractivity (Wildman–Crippen MR) is 110 cm³/mol. The minimum Gasteiger partial charge on any atom is -0.461 e. The zero-order chi connectivity index (χ0) is 22.4. The summed E-state index contributed by atoms with van der Waals surface area (Å²) in [5.41, 5.74) is -0.224. The number of carbonyl (C=O) groups is 1. The first-order valence-corrected chi connectivity index (χ1v) is 12.3. The Morgan fingerprint density at radius 1 is 1.16 bits per heavy atom. The molecule has 1 N–H and O–H groups in total. The first kappa shape index (κ1) is 22.5. The molecule has 0 saturated heterocycles. The third-order valence-corrected chi connectivity index (χ3v) is 7.22. The van der Waals surface area contributed by atoms with Gasteiger partial charge in [0.2, 0.25) is 5.79 Å². The number of esters is 1. The van der Waals surface area contributed by atoms with Gasteiger partial charge in [-0.15, -0.1) is 0 Å². The Morgan fingerprint density at radius 3 is 2.29 bits per heavy atom. The molecular weight excluding hydrogens is 427 g/mol. The van der Waals surface area contributed by atoms with Gasteiger partial charge in [0.05, 0.1) is 11.2 Å². The summed E-state index contributed by atoms with van der Waals surface area (Å²) in [6.45, 7) is 3.00. The molecule has 0 radical (unpaired) electrons. The van der Waals surface area contributed by atoms with Crippen LogP contribution in [0.25, 0.3) is 0 Å². The number of rotatable bonds is 8. The summed E-state index contributed by atoms with van der Waals surface area (Å²) < 4.78 is 61.9. The van der Waals surface area contributed by atoms with Crippen LogP contribution in [-0.4, -0.2) is 42.7 Å². The van der Waals surface area contributed by atoms with Crippen molar-refractivity contribution < 1.29 is 36.4 Å². The quantitative estimate of drug-likeness (QED) is 0.359. The maximum Gasteiger partial charge on any atom is 0.338 e. The lowest BCUT2D eigenvalue weighted by molar-refractivity contribution is -0.273. The lowest BCUT2D eigenvalue weighted by Crippen LogP contribution is -2.55. The second-order valence-corrected chi connectivity index (χ2v) is 11.3. The van der Waals surface area contributed by atoms with Crippen LogP contribution in [0.1, 0.15) is 62.7 Å². The summed E-state index contributed by atoms with van der Waals surface area (Å²) >= 11 is 0. The van der Waals surface area contributed by atoms with Gasteiger partial charge in [-0.05, 0) is 74.5 Å². The Bertz CT molecular complexity index is 921. The third-order valence-electron chi connectivity index (χ3n) is 6.54. The Labute approximate surface area is 182 Å². The van der Waals surface area contributed by atoms with E-state index >= 15 is 0 Å². The summed E-state index contributed by atoms with van der Waals surface area (Å²) in [7, 11) is -4.24. The summed E-state index contributed by atoms with van der Waals surface area (Å²) in [6, 6.07) is 3.54. The first-order chi connectivity index (χ1) is 14.4. The van der Waals surface area contributed by atoms with E-state index in [1.54, 1.807) is 13.8 Å². The van der Waals surface area contributed by atoms with E-state index < -0.39 is 40.1 Å². The Morgan fingerprint density at radius 2 is 1.74 bits per heavy atom. The molecule has 0 aliphatic heterocycles. The maximum absolute atomic E-state index is 14.4. The van der Waals surface area contributed by atoms with Crippen LogP contribution in [-0.2, 0) is 19.6 Å². The van der Waals surface area contributed by atoms with E-state index in [1.165, 1.54) is 31.4 Å². The van der Waals surface area contributed by atoms with Crippen molar-refractivity contribution >= 4 is 16.1 Å². The van der Waals surface area contributed by atoms with Crippen LogP contribution in [0.2, 0.25) is 0 Å². The molecule has 172 valence electrons. The van der Waals surface area contributed by atoms with E-state index in [9.17, 15) is 17.6 Å². The third kappa shape index (κ3) is 5.38. The van der Waals surface area contributed by atoms with Crippen molar-refractivity contribution in [3.8, 4) is 5.75 Å². The highest BCUT2D eigenvalue weighted by Crippen LogP contribution is 2.58. The number of hydrogen-bond donors (Lipinski definition) is 1. The second-order valence-electron chi connectivity index (χ2n) is 9.77. The van der Waals surface area contributed by atoms with E-state index in [0.29, 0.717) is 17.8 Å². The molecule has 5 rings (SSSR count). The zero-order valence-corrected chi connectivity index (χ0v) is 18.6. The number of halogens is 1. The number of hydrogen-bond acceptors (Lipinski definition) is 6. The lowest BCUT2D eigenvalue weighted by atomic mass is 9.54. The average molecular weight is 457 g/mol. The van der Waals surface area contributed by atoms with Crippen LogP contribution in [0.3, 0.4) is 0 Å². The van der Waals surface area contributed by atoms with Gasteiger partial charge in [-0.25, -0.2) is 9.18 Å². The first-order valence-electron chi connectivity index (χ1n) is 10.7. The highest BCUT2D eigenvalue weighted by atomic mass is 32.2. The highest BCUT2D eigenvalue weighted by molar-refractivity contribution is 7.85. The van der Waals surface area contributed by atoms with Gasteiger partial charge < -0.3 is 14.2 Å². The van der Waals surface area contributed by atoms with Crippen molar-refractivity contribution in [3.63, 3.8) is 0 Å². The molecule has 0 atom stereocenters. The van der Waals surface area contributed by atoms with Gasteiger partial charge >= 0.3 is 5.97 Å². The molecular formula is C22H29FO7S. The Balaban J connectivity index is 1.43. The fraction of sp³-hybridized carbons (Fsp3) is 0.682. The Kier molecular flexibility index (Phi) is 5.81. The number of benzene rings is 1. The lowest BCUT2D eigenvalue weighted by Gasteiger charge is -2.57. The van der Waals surface area contributed by atoms with Gasteiger partial charge in [-0.3, -0.25) is 4.55 Å². The van der Waals surface area contributed by atoms with Crippen LogP contribution in [0.5, 0.6) is 5.75 Å². The standard InChI is InChI=1S/C22H29FO7S/c1-21(2,30-22-11-14-7-15(12-22)9-16(8-14)13-22)29-19-10-17(3-4-18(19)23)20(24)28-5-6-31(25,26)27/h3-4,10,14-16H,5-9,11-13H2,1-2H3,(H,25,26,27). The van der Waals surface area contributed by atoms with Crippen LogP contribution < -0.4 is 4.74 Å². The molecule has 4 bridgehead atoms. The van der Waals surface area contributed by atoms with Gasteiger partial charge in [0.25, 0.3) is 10.1 Å². The van der Waals surface area contributed by atoms with Crippen molar-refractivity contribution in [1.82, 2.24) is 0 Å². The van der Waals surface area contributed by atoms with Gasteiger partial charge in [0, 0.05) is 13.8 Å². The minimum atomic E-state index is -4.24. The normalized spacial score (nSPS) is 29.7. The minimum absolute atomic E-state index is 0.0114. The molecule has 4 fully saturated rings. The molecule has 0 aromatic heterocycles. The maximum atomic E-state index is 14.4. The topological polar surface area (TPSA) is 99.1 Å².